The molecule has 3 rings (SSSR count). The van der Waals surface area contributed by atoms with Crippen LogP contribution in [-0.2, 0) is 9.53 Å². The third-order valence-electron chi connectivity index (χ3n) is 3.37. The Morgan fingerprint density at radius 3 is 2.48 bits per heavy atom. The zero-order valence-electron chi connectivity index (χ0n) is 11.7. The molecule has 0 saturated carbocycles. The molecule has 1 atom stereocenters. The Morgan fingerprint density at radius 2 is 1.76 bits per heavy atom. The van der Waals surface area contributed by atoms with Gasteiger partial charge in [0, 0.05) is 11.3 Å². The summed E-state index contributed by atoms with van der Waals surface area (Å²) in [4.78, 5) is 16.1. The van der Waals surface area contributed by atoms with Gasteiger partial charge in [0.25, 0.3) is 0 Å². The summed E-state index contributed by atoms with van der Waals surface area (Å²) in [5.74, 6) is 0.375. The van der Waals surface area contributed by atoms with Crippen LogP contribution >= 0.6 is 11.8 Å². The van der Waals surface area contributed by atoms with Crippen molar-refractivity contribution in [1.82, 2.24) is 0 Å². The van der Waals surface area contributed by atoms with Crippen LogP contribution in [0.4, 0.5) is 0 Å². The number of carbonyl (C=O) groups is 1. The number of benzene rings is 2. The largest absolute Gasteiger partial charge is 0.467 e. The molecule has 0 bridgehead atoms. The molecular formula is C17H15NO2S. The smallest absolute Gasteiger partial charge is 0.331 e. The lowest BCUT2D eigenvalue weighted by Gasteiger charge is -2.08. The fourth-order valence-electron chi connectivity index (χ4n) is 2.32. The topological polar surface area (TPSA) is 38.7 Å². The lowest BCUT2D eigenvalue weighted by atomic mass is 10.0. The van der Waals surface area contributed by atoms with Crippen LogP contribution < -0.4 is 0 Å². The van der Waals surface area contributed by atoms with Gasteiger partial charge in [0.2, 0.25) is 0 Å². The molecule has 0 amide bonds. The van der Waals surface area contributed by atoms with E-state index in [9.17, 15) is 4.79 Å². The van der Waals surface area contributed by atoms with Gasteiger partial charge in [-0.25, -0.2) is 4.79 Å². The van der Waals surface area contributed by atoms with Crippen LogP contribution in [0.5, 0.6) is 0 Å². The standard InChI is InChI=1S/C17H15NO2S/c1-20-17(19)15-11-21-16(18-15)14-10-6-5-9-13(14)12-7-3-2-4-8-12/h2-10,15H,11H2,1H3/t15-/m0/s1. The molecule has 0 fully saturated rings. The lowest BCUT2D eigenvalue weighted by molar-refractivity contribution is -0.141. The number of aliphatic imine (C=N–C) groups is 1. The Kier molecular flexibility index (Phi) is 4.06. The first-order chi connectivity index (χ1) is 10.3. The minimum Gasteiger partial charge on any atom is -0.467 e. The first-order valence-corrected chi connectivity index (χ1v) is 7.71. The van der Waals surface area contributed by atoms with E-state index in [0.717, 1.165) is 21.7 Å². The monoisotopic (exact) mass is 297 g/mol. The number of rotatable bonds is 3. The summed E-state index contributed by atoms with van der Waals surface area (Å²) in [5, 5.41) is 0.907. The van der Waals surface area contributed by atoms with E-state index in [0.29, 0.717) is 5.75 Å². The molecule has 1 heterocycles. The number of ether oxygens (including phenoxy) is 1. The van der Waals surface area contributed by atoms with Gasteiger partial charge in [-0.3, -0.25) is 4.99 Å². The van der Waals surface area contributed by atoms with E-state index < -0.39 is 0 Å². The van der Waals surface area contributed by atoms with Gasteiger partial charge in [0.1, 0.15) is 0 Å². The van der Waals surface area contributed by atoms with Crippen LogP contribution in [0.15, 0.2) is 59.6 Å². The zero-order valence-corrected chi connectivity index (χ0v) is 12.5. The van der Waals surface area contributed by atoms with Crippen molar-refractivity contribution < 1.29 is 9.53 Å². The maximum absolute atomic E-state index is 11.6. The molecule has 0 N–H and O–H groups in total. The first kappa shape index (κ1) is 13.9. The normalized spacial score (nSPS) is 17.4. The maximum Gasteiger partial charge on any atom is 0.331 e. The summed E-state index contributed by atoms with van der Waals surface area (Å²) in [5.41, 5.74) is 3.35. The van der Waals surface area contributed by atoms with Crippen molar-refractivity contribution in [3.8, 4) is 11.1 Å². The van der Waals surface area contributed by atoms with Gasteiger partial charge in [-0.2, -0.15) is 0 Å². The molecule has 106 valence electrons. The number of hydrogen-bond acceptors (Lipinski definition) is 4. The molecule has 3 nitrogen and oxygen atoms in total. The number of hydrogen-bond donors (Lipinski definition) is 0. The van der Waals surface area contributed by atoms with Gasteiger partial charge < -0.3 is 4.74 Å². The molecule has 21 heavy (non-hydrogen) atoms. The molecule has 0 aromatic heterocycles. The summed E-state index contributed by atoms with van der Waals surface area (Å²) in [6, 6.07) is 18.0. The summed E-state index contributed by atoms with van der Waals surface area (Å²) in [7, 11) is 1.40. The van der Waals surface area contributed by atoms with Crippen molar-refractivity contribution in [1.29, 1.82) is 0 Å². The summed E-state index contributed by atoms with van der Waals surface area (Å²) in [6.45, 7) is 0. The molecule has 0 spiro atoms. The Bertz CT molecular complexity index is 682. The Balaban J connectivity index is 1.99. The number of thioether (sulfide) groups is 1. The average Bonchev–Trinajstić information content (AvgIpc) is 3.05. The molecule has 0 unspecified atom stereocenters. The van der Waals surface area contributed by atoms with Crippen molar-refractivity contribution in [2.24, 2.45) is 4.99 Å². The average molecular weight is 297 g/mol. The fourth-order valence-corrected chi connectivity index (χ4v) is 3.38. The SMILES string of the molecule is COC(=O)[C@@H]1CSC(c2ccccc2-c2ccccc2)=N1. The highest BCUT2D eigenvalue weighted by molar-refractivity contribution is 8.14. The van der Waals surface area contributed by atoms with Crippen LogP contribution in [0.3, 0.4) is 0 Å². The second kappa shape index (κ2) is 6.14. The van der Waals surface area contributed by atoms with Gasteiger partial charge in [-0.15, -0.1) is 11.8 Å². The molecular weight excluding hydrogens is 282 g/mol. The lowest BCUT2D eigenvalue weighted by Crippen LogP contribution is -2.19. The van der Waals surface area contributed by atoms with E-state index in [1.165, 1.54) is 7.11 Å². The van der Waals surface area contributed by atoms with E-state index in [1.807, 2.05) is 36.4 Å². The highest BCUT2D eigenvalue weighted by Crippen LogP contribution is 2.31. The van der Waals surface area contributed by atoms with Gasteiger partial charge in [0.05, 0.1) is 12.2 Å². The second-order valence-electron chi connectivity index (χ2n) is 4.70. The molecule has 0 saturated heterocycles. The Morgan fingerprint density at radius 1 is 1.10 bits per heavy atom. The third kappa shape index (κ3) is 2.85. The maximum atomic E-state index is 11.6. The molecule has 0 radical (unpaired) electrons. The first-order valence-electron chi connectivity index (χ1n) is 6.73. The molecule has 0 aliphatic carbocycles. The van der Waals surface area contributed by atoms with E-state index >= 15 is 0 Å². The van der Waals surface area contributed by atoms with Crippen LogP contribution in [0, 0.1) is 0 Å². The molecule has 2 aromatic rings. The van der Waals surface area contributed by atoms with Crippen molar-refractivity contribution in [3.63, 3.8) is 0 Å². The number of nitrogens with zero attached hydrogens (tertiary/aromatic N) is 1. The molecule has 2 aromatic carbocycles. The molecule has 1 aliphatic rings. The van der Waals surface area contributed by atoms with Crippen LogP contribution in [0.25, 0.3) is 11.1 Å². The van der Waals surface area contributed by atoms with Gasteiger partial charge in [-0.05, 0) is 11.1 Å². The van der Waals surface area contributed by atoms with E-state index in [2.05, 4.69) is 23.2 Å². The highest BCUT2D eigenvalue weighted by Gasteiger charge is 2.27. The summed E-state index contributed by atoms with van der Waals surface area (Å²) < 4.78 is 4.77. The molecule has 1 aliphatic heterocycles. The van der Waals surface area contributed by atoms with Crippen LogP contribution in [0.2, 0.25) is 0 Å². The van der Waals surface area contributed by atoms with Crippen molar-refractivity contribution >= 4 is 22.8 Å². The zero-order chi connectivity index (χ0) is 14.7. The van der Waals surface area contributed by atoms with Gasteiger partial charge in [-0.1, -0.05) is 54.6 Å². The van der Waals surface area contributed by atoms with E-state index in [4.69, 9.17) is 4.74 Å². The minimum atomic E-state index is -0.390. The third-order valence-corrected chi connectivity index (χ3v) is 4.45. The molecule has 4 heteroatoms. The summed E-state index contributed by atoms with van der Waals surface area (Å²) in [6.07, 6.45) is 0. The quantitative estimate of drug-likeness (QED) is 0.815. The predicted octanol–water partition coefficient (Wildman–Crippen LogP) is 3.39. The Labute approximate surface area is 128 Å². The predicted molar refractivity (Wildman–Crippen MR) is 86.7 cm³/mol. The summed E-state index contributed by atoms with van der Waals surface area (Å²) >= 11 is 1.61. The number of methoxy groups -OCH3 is 1. The number of carbonyl (C=O) groups excluding carboxylic acids is 1. The number of esters is 1. The Hall–Kier alpha value is -2.07. The minimum absolute atomic E-state index is 0.269. The van der Waals surface area contributed by atoms with Crippen molar-refractivity contribution in [2.45, 2.75) is 6.04 Å². The van der Waals surface area contributed by atoms with E-state index in [-0.39, 0.29) is 12.0 Å². The van der Waals surface area contributed by atoms with Crippen LogP contribution in [0.1, 0.15) is 5.56 Å². The van der Waals surface area contributed by atoms with E-state index in [1.54, 1.807) is 11.8 Å². The van der Waals surface area contributed by atoms with Gasteiger partial charge >= 0.3 is 5.97 Å². The highest BCUT2D eigenvalue weighted by atomic mass is 32.2. The second-order valence-corrected chi connectivity index (χ2v) is 5.70. The van der Waals surface area contributed by atoms with Crippen molar-refractivity contribution in [3.05, 3.63) is 60.2 Å². The van der Waals surface area contributed by atoms with Crippen LogP contribution in [-0.4, -0.2) is 29.9 Å². The van der Waals surface area contributed by atoms with Crippen molar-refractivity contribution in [2.75, 3.05) is 12.9 Å². The van der Waals surface area contributed by atoms with Gasteiger partial charge in [0.15, 0.2) is 6.04 Å². The fraction of sp³-hybridized carbons (Fsp3) is 0.176.